The van der Waals surface area contributed by atoms with Gasteiger partial charge >= 0.3 is 5.97 Å². The van der Waals surface area contributed by atoms with Crippen LogP contribution in [0.3, 0.4) is 0 Å². The SMILES string of the molecule is Cc1nc(-c2cc(C(=O)O[C@@H](C)C(=O)c3c[nH]c4ccccc34)n(C)c2)cs1. The zero-order valence-corrected chi connectivity index (χ0v) is 16.5. The van der Waals surface area contributed by atoms with Crippen molar-refractivity contribution in [3.8, 4) is 11.3 Å². The zero-order valence-electron chi connectivity index (χ0n) is 15.7. The first kappa shape index (κ1) is 18.2. The normalized spacial score (nSPS) is 12.2. The van der Waals surface area contributed by atoms with Crippen LogP contribution in [0, 0.1) is 6.92 Å². The third-order valence-corrected chi connectivity index (χ3v) is 5.41. The van der Waals surface area contributed by atoms with Crippen molar-refractivity contribution in [2.45, 2.75) is 20.0 Å². The largest absolute Gasteiger partial charge is 0.450 e. The number of ether oxygens (including phenoxy) is 1. The quantitative estimate of drug-likeness (QED) is 0.404. The van der Waals surface area contributed by atoms with Crippen molar-refractivity contribution >= 4 is 34.0 Å². The number of Topliss-reactive ketones (excluding diaryl/α,β-unsaturated/α-hetero) is 1. The molecule has 0 amide bonds. The molecule has 3 heterocycles. The van der Waals surface area contributed by atoms with E-state index in [2.05, 4.69) is 9.97 Å². The fourth-order valence-corrected chi connectivity index (χ4v) is 3.79. The van der Waals surface area contributed by atoms with Gasteiger partial charge in [0, 0.05) is 46.9 Å². The maximum Gasteiger partial charge on any atom is 0.355 e. The molecule has 3 aromatic heterocycles. The second-order valence-corrected chi connectivity index (χ2v) is 7.70. The number of fused-ring (bicyclic) bond motifs is 1. The smallest absolute Gasteiger partial charge is 0.355 e. The molecule has 0 aliphatic carbocycles. The van der Waals surface area contributed by atoms with Gasteiger partial charge in [-0.25, -0.2) is 9.78 Å². The molecule has 0 aliphatic heterocycles. The number of para-hydroxylation sites is 1. The maximum atomic E-state index is 12.8. The number of aryl methyl sites for hydroxylation is 2. The van der Waals surface area contributed by atoms with Gasteiger partial charge in [-0.1, -0.05) is 18.2 Å². The molecule has 142 valence electrons. The summed E-state index contributed by atoms with van der Waals surface area (Å²) in [5.41, 5.74) is 3.42. The topological polar surface area (TPSA) is 77.0 Å². The first-order valence-electron chi connectivity index (χ1n) is 8.84. The first-order chi connectivity index (χ1) is 13.4. The number of hydrogen-bond donors (Lipinski definition) is 1. The number of hydrogen-bond acceptors (Lipinski definition) is 5. The molecule has 0 spiro atoms. The van der Waals surface area contributed by atoms with Gasteiger partial charge < -0.3 is 14.3 Å². The molecule has 7 heteroatoms. The van der Waals surface area contributed by atoms with Gasteiger partial charge in [-0.15, -0.1) is 11.3 Å². The van der Waals surface area contributed by atoms with Gasteiger partial charge in [-0.05, 0) is 26.0 Å². The van der Waals surface area contributed by atoms with Crippen LogP contribution < -0.4 is 0 Å². The molecule has 4 rings (SSSR count). The molecule has 1 N–H and O–H groups in total. The Morgan fingerprint density at radius 2 is 2.07 bits per heavy atom. The first-order valence-corrected chi connectivity index (χ1v) is 9.72. The second kappa shape index (κ2) is 7.09. The van der Waals surface area contributed by atoms with Crippen molar-refractivity contribution in [3.05, 3.63) is 64.4 Å². The van der Waals surface area contributed by atoms with Crippen molar-refractivity contribution in [3.63, 3.8) is 0 Å². The van der Waals surface area contributed by atoms with Gasteiger partial charge in [0.15, 0.2) is 6.10 Å². The summed E-state index contributed by atoms with van der Waals surface area (Å²) in [5.74, 6) is -0.781. The molecule has 1 aromatic carbocycles. The number of nitrogens with zero attached hydrogens (tertiary/aromatic N) is 2. The average Bonchev–Trinajstić information content (AvgIpc) is 3.38. The molecular weight excluding hydrogens is 374 g/mol. The van der Waals surface area contributed by atoms with Crippen LogP contribution in [0.2, 0.25) is 0 Å². The van der Waals surface area contributed by atoms with Gasteiger partial charge in [0.1, 0.15) is 5.69 Å². The average molecular weight is 393 g/mol. The van der Waals surface area contributed by atoms with Crippen LogP contribution >= 0.6 is 11.3 Å². The number of H-pyrrole nitrogens is 1. The number of nitrogens with one attached hydrogen (secondary N) is 1. The van der Waals surface area contributed by atoms with Gasteiger partial charge in [-0.3, -0.25) is 4.79 Å². The van der Waals surface area contributed by atoms with E-state index in [0.29, 0.717) is 11.3 Å². The minimum absolute atomic E-state index is 0.240. The van der Waals surface area contributed by atoms with Gasteiger partial charge in [-0.2, -0.15) is 0 Å². The summed E-state index contributed by atoms with van der Waals surface area (Å²) in [6.45, 7) is 3.53. The van der Waals surface area contributed by atoms with Crippen molar-refractivity contribution in [2.24, 2.45) is 7.05 Å². The number of benzene rings is 1. The molecule has 0 unspecified atom stereocenters. The third kappa shape index (κ3) is 3.25. The van der Waals surface area contributed by atoms with Crippen LogP contribution in [0.25, 0.3) is 22.2 Å². The fourth-order valence-electron chi connectivity index (χ4n) is 3.17. The lowest BCUT2D eigenvalue weighted by atomic mass is 10.1. The van der Waals surface area contributed by atoms with Crippen LogP contribution in [0.4, 0.5) is 0 Å². The highest BCUT2D eigenvalue weighted by Crippen LogP contribution is 2.25. The predicted molar refractivity (Wildman–Crippen MR) is 109 cm³/mol. The third-order valence-electron chi connectivity index (χ3n) is 4.64. The van der Waals surface area contributed by atoms with E-state index in [-0.39, 0.29) is 5.78 Å². The number of aromatic nitrogens is 3. The Hall–Kier alpha value is -3.19. The van der Waals surface area contributed by atoms with Crippen LogP contribution in [0.15, 0.2) is 48.1 Å². The lowest BCUT2D eigenvalue weighted by Gasteiger charge is -2.12. The van der Waals surface area contributed by atoms with E-state index in [1.807, 2.05) is 42.8 Å². The Balaban J connectivity index is 1.53. The lowest BCUT2D eigenvalue weighted by Crippen LogP contribution is -2.25. The molecule has 6 nitrogen and oxygen atoms in total. The van der Waals surface area contributed by atoms with Crippen LogP contribution in [-0.4, -0.2) is 32.4 Å². The van der Waals surface area contributed by atoms with E-state index in [4.69, 9.17) is 4.74 Å². The molecule has 0 bridgehead atoms. The van der Waals surface area contributed by atoms with Crippen LogP contribution in [-0.2, 0) is 11.8 Å². The minimum atomic E-state index is -0.897. The number of ketones is 1. The minimum Gasteiger partial charge on any atom is -0.450 e. The fraction of sp³-hybridized carbons (Fsp3) is 0.190. The number of carbonyl (C=O) groups is 2. The van der Waals surface area contributed by atoms with Gasteiger partial charge in [0.2, 0.25) is 5.78 Å². The van der Waals surface area contributed by atoms with E-state index >= 15 is 0 Å². The van der Waals surface area contributed by atoms with E-state index in [1.165, 1.54) is 0 Å². The van der Waals surface area contributed by atoms with Crippen molar-refractivity contribution in [1.29, 1.82) is 0 Å². The highest BCUT2D eigenvalue weighted by atomic mass is 32.1. The number of thiazole rings is 1. The molecule has 4 aromatic rings. The summed E-state index contributed by atoms with van der Waals surface area (Å²) >= 11 is 1.55. The summed E-state index contributed by atoms with van der Waals surface area (Å²) in [4.78, 5) is 32.9. The van der Waals surface area contributed by atoms with Crippen LogP contribution in [0.5, 0.6) is 0 Å². The Morgan fingerprint density at radius 1 is 1.29 bits per heavy atom. The standard InChI is InChI=1S/C21H19N3O3S/c1-12(20(25)16-9-22-17-7-5-4-6-15(16)17)27-21(26)19-8-14(10-24(19)3)18-11-28-13(2)23-18/h4-12,22H,1-3H3/t12-/m0/s1. The van der Waals surface area contributed by atoms with E-state index in [0.717, 1.165) is 27.2 Å². The molecule has 28 heavy (non-hydrogen) atoms. The molecule has 0 saturated heterocycles. The molecule has 0 fully saturated rings. The van der Waals surface area contributed by atoms with Gasteiger partial charge in [0.25, 0.3) is 0 Å². The zero-order chi connectivity index (χ0) is 19.8. The number of esters is 1. The Kier molecular flexibility index (Phi) is 4.60. The highest BCUT2D eigenvalue weighted by Gasteiger charge is 2.24. The Labute approximate surface area is 165 Å². The number of aromatic amines is 1. The Bertz CT molecular complexity index is 1180. The lowest BCUT2D eigenvalue weighted by molar-refractivity contribution is 0.0310. The molecule has 0 aliphatic rings. The second-order valence-electron chi connectivity index (χ2n) is 6.64. The number of carbonyl (C=O) groups excluding carboxylic acids is 2. The monoisotopic (exact) mass is 393 g/mol. The molecule has 0 saturated carbocycles. The summed E-state index contributed by atoms with van der Waals surface area (Å²) in [6.07, 6.45) is 2.59. The Morgan fingerprint density at radius 3 is 2.82 bits per heavy atom. The maximum absolute atomic E-state index is 12.8. The van der Waals surface area contributed by atoms with Crippen LogP contribution in [0.1, 0.15) is 32.8 Å². The van der Waals surface area contributed by atoms with Crippen molar-refractivity contribution < 1.29 is 14.3 Å². The predicted octanol–water partition coefficient (Wildman–Crippen LogP) is 4.37. The summed E-state index contributed by atoms with van der Waals surface area (Å²) < 4.78 is 7.15. The summed E-state index contributed by atoms with van der Waals surface area (Å²) in [6, 6.07) is 9.27. The molecular formula is C21H19N3O3S. The summed E-state index contributed by atoms with van der Waals surface area (Å²) in [7, 11) is 1.77. The molecule has 0 radical (unpaired) electrons. The number of rotatable bonds is 5. The van der Waals surface area contributed by atoms with Gasteiger partial charge in [0.05, 0.1) is 10.7 Å². The van der Waals surface area contributed by atoms with E-state index in [1.54, 1.807) is 42.1 Å². The summed E-state index contributed by atoms with van der Waals surface area (Å²) in [5, 5.41) is 3.72. The van der Waals surface area contributed by atoms with E-state index in [9.17, 15) is 9.59 Å². The highest BCUT2D eigenvalue weighted by molar-refractivity contribution is 7.09. The van der Waals surface area contributed by atoms with Crippen molar-refractivity contribution in [2.75, 3.05) is 0 Å². The molecule has 1 atom stereocenters. The van der Waals surface area contributed by atoms with E-state index < -0.39 is 12.1 Å². The van der Waals surface area contributed by atoms with Crippen molar-refractivity contribution in [1.82, 2.24) is 14.5 Å².